The molecule has 2 rings (SSSR count). The number of benzene rings is 1. The average molecular weight is 263 g/mol. The summed E-state index contributed by atoms with van der Waals surface area (Å²) in [6.07, 6.45) is -0.730. The van der Waals surface area contributed by atoms with Crippen molar-refractivity contribution in [1.29, 1.82) is 0 Å². The van der Waals surface area contributed by atoms with Gasteiger partial charge in [-0.05, 0) is 11.6 Å². The van der Waals surface area contributed by atoms with E-state index in [4.69, 9.17) is 0 Å². The third-order valence-electron chi connectivity index (χ3n) is 2.97. The fourth-order valence-corrected chi connectivity index (χ4v) is 2.07. The lowest BCUT2D eigenvalue weighted by atomic mass is 10.1. The number of imide groups is 1. The number of anilines is 1. The lowest BCUT2D eigenvalue weighted by Crippen LogP contribution is -2.41. The summed E-state index contributed by atoms with van der Waals surface area (Å²) in [5, 5.41) is 5.46. The van der Waals surface area contributed by atoms with Crippen LogP contribution in [-0.2, 0) is 16.1 Å². The molecule has 0 spiro atoms. The van der Waals surface area contributed by atoms with Crippen molar-refractivity contribution < 1.29 is 14.3 Å². The molecule has 2 amide bonds. The van der Waals surface area contributed by atoms with Gasteiger partial charge in [-0.25, -0.2) is 4.79 Å². The smallest absolute Gasteiger partial charge is 0.413 e. The number of fused-ring (bicyclic) bond motifs is 1. The number of methoxy groups -OCH3 is 1. The Morgan fingerprint density at radius 3 is 3.00 bits per heavy atom. The van der Waals surface area contributed by atoms with Gasteiger partial charge in [0.2, 0.25) is 5.91 Å². The fraction of sp³-hybridized carbons (Fsp3) is 0.385. The highest BCUT2D eigenvalue weighted by Gasteiger charge is 2.18. The molecular formula is C13H17N3O3. The van der Waals surface area contributed by atoms with Crippen molar-refractivity contribution in [2.24, 2.45) is 0 Å². The van der Waals surface area contributed by atoms with Gasteiger partial charge in [0.25, 0.3) is 0 Å². The summed E-state index contributed by atoms with van der Waals surface area (Å²) in [6.45, 7) is 2.42. The highest BCUT2D eigenvalue weighted by molar-refractivity contribution is 5.94. The lowest BCUT2D eigenvalue weighted by Gasteiger charge is -2.23. The van der Waals surface area contributed by atoms with Crippen LogP contribution in [0.1, 0.15) is 5.56 Å². The maximum Gasteiger partial charge on any atom is 0.413 e. The Morgan fingerprint density at radius 1 is 1.42 bits per heavy atom. The van der Waals surface area contributed by atoms with Gasteiger partial charge in [-0.15, -0.1) is 0 Å². The number of hydrogen-bond donors (Lipinski definition) is 2. The minimum Gasteiger partial charge on any atom is -0.453 e. The van der Waals surface area contributed by atoms with E-state index in [-0.39, 0.29) is 12.5 Å². The van der Waals surface area contributed by atoms with E-state index in [1.807, 2.05) is 29.2 Å². The van der Waals surface area contributed by atoms with Gasteiger partial charge in [-0.3, -0.25) is 10.1 Å². The van der Waals surface area contributed by atoms with E-state index >= 15 is 0 Å². The topological polar surface area (TPSA) is 70.7 Å². The third kappa shape index (κ3) is 3.45. The summed E-state index contributed by atoms with van der Waals surface area (Å²) in [5.41, 5.74) is 2.17. The molecule has 0 aliphatic carbocycles. The fourth-order valence-electron chi connectivity index (χ4n) is 2.07. The van der Waals surface area contributed by atoms with Gasteiger partial charge in [0, 0.05) is 25.3 Å². The first-order valence-electron chi connectivity index (χ1n) is 6.12. The first-order chi connectivity index (χ1) is 9.20. The predicted molar refractivity (Wildman–Crippen MR) is 70.9 cm³/mol. The van der Waals surface area contributed by atoms with Gasteiger partial charge < -0.3 is 15.0 Å². The SMILES string of the molecule is COC(=O)NC(=O)CN1CCNCc2ccccc21. The Hall–Kier alpha value is -2.08. The Bertz CT molecular complexity index is 476. The molecule has 1 heterocycles. The van der Waals surface area contributed by atoms with Crippen molar-refractivity contribution in [3.63, 3.8) is 0 Å². The van der Waals surface area contributed by atoms with E-state index in [1.165, 1.54) is 7.11 Å². The zero-order chi connectivity index (χ0) is 13.7. The summed E-state index contributed by atoms with van der Waals surface area (Å²) in [5.74, 6) is -0.372. The molecule has 0 bridgehead atoms. The van der Waals surface area contributed by atoms with E-state index < -0.39 is 6.09 Å². The van der Waals surface area contributed by atoms with Crippen LogP contribution in [-0.4, -0.2) is 38.7 Å². The molecule has 1 aliphatic heterocycles. The summed E-state index contributed by atoms with van der Waals surface area (Å²) in [7, 11) is 1.23. The first-order valence-corrected chi connectivity index (χ1v) is 6.12. The molecule has 102 valence electrons. The molecular weight excluding hydrogens is 246 g/mol. The second-order valence-electron chi connectivity index (χ2n) is 4.27. The molecule has 0 unspecified atom stereocenters. The highest BCUT2D eigenvalue weighted by Crippen LogP contribution is 2.21. The molecule has 0 radical (unpaired) electrons. The van der Waals surface area contributed by atoms with Crippen molar-refractivity contribution in [1.82, 2.24) is 10.6 Å². The standard InChI is InChI=1S/C13H17N3O3/c1-19-13(18)15-12(17)9-16-7-6-14-8-10-4-2-3-5-11(10)16/h2-5,14H,6-9H2,1H3,(H,15,17,18). The highest BCUT2D eigenvalue weighted by atomic mass is 16.5. The van der Waals surface area contributed by atoms with Crippen LogP contribution < -0.4 is 15.5 Å². The zero-order valence-corrected chi connectivity index (χ0v) is 10.8. The number of ether oxygens (including phenoxy) is 1. The van der Waals surface area contributed by atoms with Crippen LogP contribution in [0.25, 0.3) is 0 Å². The van der Waals surface area contributed by atoms with E-state index in [9.17, 15) is 9.59 Å². The van der Waals surface area contributed by atoms with Crippen LogP contribution in [0, 0.1) is 0 Å². The Morgan fingerprint density at radius 2 is 2.21 bits per heavy atom. The number of hydrogen-bond acceptors (Lipinski definition) is 5. The molecule has 6 nitrogen and oxygen atoms in total. The molecule has 0 atom stereocenters. The second-order valence-corrected chi connectivity index (χ2v) is 4.27. The maximum atomic E-state index is 11.7. The minimum absolute atomic E-state index is 0.133. The number of rotatable bonds is 2. The molecule has 1 aromatic carbocycles. The predicted octanol–water partition coefficient (Wildman–Crippen LogP) is 0.479. The van der Waals surface area contributed by atoms with E-state index in [2.05, 4.69) is 15.4 Å². The number of para-hydroxylation sites is 1. The summed E-state index contributed by atoms with van der Waals surface area (Å²) >= 11 is 0. The monoisotopic (exact) mass is 263 g/mol. The molecule has 1 aliphatic rings. The largest absolute Gasteiger partial charge is 0.453 e. The second kappa shape index (κ2) is 6.19. The van der Waals surface area contributed by atoms with Crippen LogP contribution in [0.15, 0.2) is 24.3 Å². The number of nitrogens with one attached hydrogen (secondary N) is 2. The molecule has 6 heteroatoms. The van der Waals surface area contributed by atoms with Crippen molar-refractivity contribution in [2.75, 3.05) is 31.6 Å². The molecule has 0 aromatic heterocycles. The molecule has 2 N–H and O–H groups in total. The van der Waals surface area contributed by atoms with Crippen LogP contribution in [0.3, 0.4) is 0 Å². The van der Waals surface area contributed by atoms with E-state index in [0.717, 1.165) is 24.3 Å². The van der Waals surface area contributed by atoms with Gasteiger partial charge in [-0.1, -0.05) is 18.2 Å². The molecule has 19 heavy (non-hydrogen) atoms. The van der Waals surface area contributed by atoms with E-state index in [1.54, 1.807) is 0 Å². The molecule has 0 saturated heterocycles. The van der Waals surface area contributed by atoms with Gasteiger partial charge in [0.1, 0.15) is 0 Å². The van der Waals surface area contributed by atoms with Crippen LogP contribution in [0.2, 0.25) is 0 Å². The Labute approximate surface area is 111 Å². The number of amides is 2. The number of nitrogens with zero attached hydrogens (tertiary/aromatic N) is 1. The summed E-state index contributed by atoms with van der Waals surface area (Å²) in [6, 6.07) is 7.92. The quantitative estimate of drug-likeness (QED) is 0.812. The zero-order valence-electron chi connectivity index (χ0n) is 10.8. The maximum absolute atomic E-state index is 11.7. The Kier molecular flexibility index (Phi) is 4.35. The van der Waals surface area contributed by atoms with Crippen LogP contribution in [0.5, 0.6) is 0 Å². The van der Waals surface area contributed by atoms with Gasteiger partial charge >= 0.3 is 6.09 Å². The van der Waals surface area contributed by atoms with Crippen molar-refractivity contribution >= 4 is 17.7 Å². The average Bonchev–Trinajstić information content (AvgIpc) is 2.61. The molecule has 0 fully saturated rings. The third-order valence-corrected chi connectivity index (χ3v) is 2.97. The van der Waals surface area contributed by atoms with Crippen LogP contribution in [0.4, 0.5) is 10.5 Å². The molecule has 1 aromatic rings. The first kappa shape index (κ1) is 13.4. The van der Waals surface area contributed by atoms with Gasteiger partial charge in [0.05, 0.1) is 13.7 Å². The lowest BCUT2D eigenvalue weighted by molar-refractivity contribution is -0.119. The molecule has 0 saturated carbocycles. The van der Waals surface area contributed by atoms with Crippen molar-refractivity contribution in [2.45, 2.75) is 6.54 Å². The number of alkyl carbamates (subject to hydrolysis) is 1. The van der Waals surface area contributed by atoms with Gasteiger partial charge in [-0.2, -0.15) is 0 Å². The summed E-state index contributed by atoms with van der Waals surface area (Å²) < 4.78 is 4.40. The summed E-state index contributed by atoms with van der Waals surface area (Å²) in [4.78, 5) is 24.7. The van der Waals surface area contributed by atoms with Crippen molar-refractivity contribution in [3.05, 3.63) is 29.8 Å². The van der Waals surface area contributed by atoms with Crippen LogP contribution >= 0.6 is 0 Å². The Balaban J connectivity index is 2.07. The minimum atomic E-state index is -0.730. The number of carbonyl (C=O) groups is 2. The van der Waals surface area contributed by atoms with E-state index in [0.29, 0.717) is 6.54 Å². The van der Waals surface area contributed by atoms with Gasteiger partial charge in [0.15, 0.2) is 0 Å². The number of carbonyl (C=O) groups excluding carboxylic acids is 2. The normalized spacial score (nSPS) is 14.3. The van der Waals surface area contributed by atoms with Crippen molar-refractivity contribution in [3.8, 4) is 0 Å².